The van der Waals surface area contributed by atoms with Gasteiger partial charge in [-0.2, -0.15) is 0 Å². The van der Waals surface area contributed by atoms with Crippen molar-refractivity contribution in [1.82, 2.24) is 4.90 Å². The third-order valence-electron chi connectivity index (χ3n) is 1.86. The van der Waals surface area contributed by atoms with E-state index < -0.39 is 0 Å². The fraction of sp³-hybridized carbons (Fsp3) is 0.750. The highest BCUT2D eigenvalue weighted by molar-refractivity contribution is 8.23. The maximum atomic E-state index is 11.2. The Balaban J connectivity index is 2.40. The molecule has 68 valence electrons. The molecule has 0 bridgehead atoms. The molecule has 0 radical (unpaired) electrons. The minimum Gasteiger partial charge on any atom is -0.364 e. The molecular formula is C8H13NOS2. The van der Waals surface area contributed by atoms with Crippen LogP contribution in [0.3, 0.4) is 0 Å². The Morgan fingerprint density at radius 3 is 2.75 bits per heavy atom. The van der Waals surface area contributed by atoms with Gasteiger partial charge in [0.2, 0.25) is 0 Å². The predicted molar refractivity (Wildman–Crippen MR) is 56.5 cm³/mol. The van der Waals surface area contributed by atoms with Gasteiger partial charge in [-0.1, -0.05) is 24.0 Å². The van der Waals surface area contributed by atoms with Gasteiger partial charge < -0.3 is 4.90 Å². The molecule has 1 rings (SSSR count). The number of Topliss-reactive ketones (excluding diaryl/α,β-unsaturated/α-hetero) is 1. The van der Waals surface area contributed by atoms with Crippen molar-refractivity contribution < 1.29 is 4.79 Å². The van der Waals surface area contributed by atoms with Gasteiger partial charge in [0.15, 0.2) is 0 Å². The van der Waals surface area contributed by atoms with Crippen LogP contribution in [-0.2, 0) is 4.79 Å². The van der Waals surface area contributed by atoms with Gasteiger partial charge >= 0.3 is 0 Å². The van der Waals surface area contributed by atoms with Gasteiger partial charge in [-0.25, -0.2) is 0 Å². The number of thioether (sulfide) groups is 1. The first-order chi connectivity index (χ1) is 5.61. The molecule has 1 saturated carbocycles. The van der Waals surface area contributed by atoms with E-state index in [4.69, 9.17) is 12.2 Å². The van der Waals surface area contributed by atoms with Crippen molar-refractivity contribution in [2.75, 3.05) is 14.1 Å². The van der Waals surface area contributed by atoms with Crippen molar-refractivity contribution in [1.29, 1.82) is 0 Å². The van der Waals surface area contributed by atoms with Crippen LogP contribution < -0.4 is 0 Å². The zero-order valence-corrected chi connectivity index (χ0v) is 9.00. The van der Waals surface area contributed by atoms with Crippen LogP contribution in [0, 0.1) is 0 Å². The lowest BCUT2D eigenvalue weighted by Crippen LogP contribution is -2.21. The monoisotopic (exact) mass is 203 g/mol. The van der Waals surface area contributed by atoms with Gasteiger partial charge in [-0.05, 0) is 12.8 Å². The summed E-state index contributed by atoms with van der Waals surface area (Å²) in [6, 6.07) is 0. The highest BCUT2D eigenvalue weighted by atomic mass is 32.2. The van der Waals surface area contributed by atoms with E-state index in [9.17, 15) is 4.79 Å². The Bertz CT molecular complexity index is 203. The molecule has 1 aliphatic carbocycles. The summed E-state index contributed by atoms with van der Waals surface area (Å²) in [5.74, 6) is 0.365. The van der Waals surface area contributed by atoms with E-state index in [2.05, 4.69) is 0 Å². The molecule has 0 amide bonds. The van der Waals surface area contributed by atoms with Gasteiger partial charge in [0.05, 0.1) is 5.25 Å². The number of rotatable bonds is 1. The molecule has 12 heavy (non-hydrogen) atoms. The molecule has 0 saturated heterocycles. The van der Waals surface area contributed by atoms with E-state index in [-0.39, 0.29) is 5.25 Å². The van der Waals surface area contributed by atoms with E-state index in [1.165, 1.54) is 11.8 Å². The summed E-state index contributed by atoms with van der Waals surface area (Å²) < 4.78 is 0.815. The van der Waals surface area contributed by atoms with Crippen LogP contribution in [0.4, 0.5) is 0 Å². The molecule has 1 atom stereocenters. The summed E-state index contributed by atoms with van der Waals surface area (Å²) in [7, 11) is 3.82. The molecule has 0 N–H and O–H groups in total. The molecule has 0 aliphatic heterocycles. The number of hydrogen-bond acceptors (Lipinski definition) is 3. The van der Waals surface area contributed by atoms with Gasteiger partial charge in [0.25, 0.3) is 0 Å². The van der Waals surface area contributed by atoms with Crippen LogP contribution in [0.5, 0.6) is 0 Å². The van der Waals surface area contributed by atoms with Crippen molar-refractivity contribution in [2.45, 2.75) is 24.5 Å². The number of nitrogens with zero attached hydrogens (tertiary/aromatic N) is 1. The molecule has 0 aromatic rings. The molecule has 0 unspecified atom stereocenters. The van der Waals surface area contributed by atoms with Gasteiger partial charge in [-0.3, -0.25) is 4.79 Å². The minimum atomic E-state index is 0.139. The molecule has 0 heterocycles. The van der Waals surface area contributed by atoms with Gasteiger partial charge in [0.1, 0.15) is 10.1 Å². The predicted octanol–water partition coefficient (Wildman–Crippen LogP) is 1.69. The molecule has 2 nitrogen and oxygen atoms in total. The second-order valence-corrected chi connectivity index (χ2v) is 4.96. The summed E-state index contributed by atoms with van der Waals surface area (Å²) in [6.07, 6.45) is 2.78. The maximum absolute atomic E-state index is 11.2. The Labute approximate surface area is 82.7 Å². The third-order valence-corrected chi connectivity index (χ3v) is 3.86. The van der Waals surface area contributed by atoms with Crippen molar-refractivity contribution in [3.05, 3.63) is 0 Å². The average molecular weight is 203 g/mol. The van der Waals surface area contributed by atoms with Crippen LogP contribution in [0.25, 0.3) is 0 Å². The van der Waals surface area contributed by atoms with Crippen molar-refractivity contribution in [3.63, 3.8) is 0 Å². The first-order valence-corrected chi connectivity index (χ1v) is 5.30. The summed E-state index contributed by atoms with van der Waals surface area (Å²) in [5, 5.41) is 0.139. The first-order valence-electron chi connectivity index (χ1n) is 4.02. The third kappa shape index (κ3) is 2.45. The zero-order valence-electron chi connectivity index (χ0n) is 7.37. The Morgan fingerprint density at radius 2 is 2.33 bits per heavy atom. The number of carbonyl (C=O) groups excluding carboxylic acids is 1. The highest BCUT2D eigenvalue weighted by Crippen LogP contribution is 2.27. The Kier molecular flexibility index (Phi) is 3.53. The fourth-order valence-corrected chi connectivity index (χ4v) is 2.47. The normalized spacial score (nSPS) is 22.8. The van der Waals surface area contributed by atoms with Crippen molar-refractivity contribution in [3.8, 4) is 0 Å². The van der Waals surface area contributed by atoms with Crippen LogP contribution in [0.2, 0.25) is 0 Å². The van der Waals surface area contributed by atoms with Crippen molar-refractivity contribution in [2.24, 2.45) is 0 Å². The van der Waals surface area contributed by atoms with Crippen LogP contribution in [0.15, 0.2) is 0 Å². The lowest BCUT2D eigenvalue weighted by Gasteiger charge is -2.15. The lowest BCUT2D eigenvalue weighted by molar-refractivity contribution is -0.116. The summed E-state index contributed by atoms with van der Waals surface area (Å²) in [5.41, 5.74) is 0. The van der Waals surface area contributed by atoms with E-state index in [0.29, 0.717) is 5.78 Å². The fourth-order valence-electron chi connectivity index (χ4n) is 1.14. The first kappa shape index (κ1) is 9.99. The number of ketones is 1. The molecule has 0 aromatic heterocycles. The smallest absolute Gasteiger partial charge is 0.146 e. The summed E-state index contributed by atoms with van der Waals surface area (Å²) in [6.45, 7) is 0. The quantitative estimate of drug-likeness (QED) is 0.604. The molecule has 4 heteroatoms. The number of carbonyl (C=O) groups is 1. The van der Waals surface area contributed by atoms with E-state index >= 15 is 0 Å². The second kappa shape index (κ2) is 4.23. The molecule has 0 aromatic carbocycles. The maximum Gasteiger partial charge on any atom is 0.146 e. The van der Waals surface area contributed by atoms with Crippen LogP contribution in [0.1, 0.15) is 19.3 Å². The standard InChI is InChI=1S/C8H13NOS2/c1-9(2)8(11)12-7-5-3-4-6(7)10/h7H,3-5H2,1-2H3/t7-/m1/s1. The summed E-state index contributed by atoms with van der Waals surface area (Å²) >= 11 is 6.64. The van der Waals surface area contributed by atoms with E-state index in [0.717, 1.165) is 23.6 Å². The van der Waals surface area contributed by atoms with Crippen LogP contribution in [-0.4, -0.2) is 34.3 Å². The summed E-state index contributed by atoms with van der Waals surface area (Å²) in [4.78, 5) is 13.1. The van der Waals surface area contributed by atoms with Crippen molar-refractivity contribution >= 4 is 34.1 Å². The Morgan fingerprint density at radius 1 is 1.67 bits per heavy atom. The molecular weight excluding hydrogens is 190 g/mol. The molecule has 1 fully saturated rings. The van der Waals surface area contributed by atoms with Gasteiger partial charge in [0, 0.05) is 20.5 Å². The highest BCUT2D eigenvalue weighted by Gasteiger charge is 2.26. The zero-order chi connectivity index (χ0) is 9.14. The molecule has 0 spiro atoms. The Hall–Kier alpha value is -0.0900. The van der Waals surface area contributed by atoms with Crippen LogP contribution >= 0.6 is 24.0 Å². The van der Waals surface area contributed by atoms with E-state index in [1.54, 1.807) is 0 Å². The number of thiocarbonyl (C=S) groups is 1. The SMILES string of the molecule is CN(C)C(=S)S[C@@H]1CCCC1=O. The van der Waals surface area contributed by atoms with E-state index in [1.807, 2.05) is 19.0 Å². The largest absolute Gasteiger partial charge is 0.364 e. The average Bonchev–Trinajstić information content (AvgIpc) is 2.36. The molecule has 1 aliphatic rings. The second-order valence-electron chi connectivity index (χ2n) is 3.13. The minimum absolute atomic E-state index is 0.139. The topological polar surface area (TPSA) is 20.3 Å². The van der Waals surface area contributed by atoms with Gasteiger partial charge in [-0.15, -0.1) is 0 Å². The number of hydrogen-bond donors (Lipinski definition) is 0. The lowest BCUT2D eigenvalue weighted by atomic mass is 10.3.